The van der Waals surface area contributed by atoms with Gasteiger partial charge in [-0.15, -0.1) is 24.0 Å². The highest BCUT2D eigenvalue weighted by molar-refractivity contribution is 14.0. The zero-order chi connectivity index (χ0) is 19.2. The van der Waals surface area contributed by atoms with Gasteiger partial charge in [0.2, 0.25) is 0 Å². The van der Waals surface area contributed by atoms with Gasteiger partial charge in [-0.3, -0.25) is 9.67 Å². The molecule has 3 rings (SSSR count). The molecule has 154 valence electrons. The number of guanidine groups is 1. The molecule has 0 spiro atoms. The summed E-state index contributed by atoms with van der Waals surface area (Å²) >= 11 is 0. The van der Waals surface area contributed by atoms with Gasteiger partial charge >= 0.3 is 0 Å². The van der Waals surface area contributed by atoms with Gasteiger partial charge in [-0.05, 0) is 6.42 Å². The Bertz CT molecular complexity index is 772. The number of benzene rings is 1. The van der Waals surface area contributed by atoms with Crippen LogP contribution in [0.5, 0.6) is 11.5 Å². The molecular weight excluding hydrogens is 471 g/mol. The number of rotatable bonds is 6. The first-order valence-electron chi connectivity index (χ1n) is 9.04. The smallest absolute Gasteiger partial charge is 0.191 e. The lowest BCUT2D eigenvalue weighted by atomic mass is 10.2. The van der Waals surface area contributed by atoms with Crippen LogP contribution in [0.3, 0.4) is 0 Å². The third kappa shape index (κ3) is 5.66. The molecule has 0 saturated carbocycles. The number of hydrogen-bond acceptors (Lipinski definition) is 5. The average Bonchev–Trinajstić information content (AvgIpc) is 3.33. The summed E-state index contributed by atoms with van der Waals surface area (Å²) in [5.74, 6) is 2.40. The van der Waals surface area contributed by atoms with Crippen molar-refractivity contribution in [2.45, 2.75) is 19.0 Å². The molecule has 0 radical (unpaired) electrons. The Hall–Kier alpha value is -2.17. The van der Waals surface area contributed by atoms with E-state index in [4.69, 9.17) is 9.47 Å². The van der Waals surface area contributed by atoms with Crippen molar-refractivity contribution in [3.63, 3.8) is 0 Å². The van der Waals surface area contributed by atoms with Gasteiger partial charge < -0.3 is 25.0 Å². The number of nitrogens with one attached hydrogen (secondary N) is 2. The molecule has 0 aliphatic carbocycles. The van der Waals surface area contributed by atoms with Crippen LogP contribution in [0.2, 0.25) is 0 Å². The maximum atomic E-state index is 5.38. The maximum absolute atomic E-state index is 5.38. The van der Waals surface area contributed by atoms with E-state index in [-0.39, 0.29) is 24.0 Å². The van der Waals surface area contributed by atoms with Crippen LogP contribution in [0.4, 0.5) is 5.69 Å². The number of methoxy groups -OCH3 is 2. The zero-order valence-electron chi connectivity index (χ0n) is 16.8. The van der Waals surface area contributed by atoms with Gasteiger partial charge in [0.15, 0.2) is 5.96 Å². The Labute approximate surface area is 183 Å². The van der Waals surface area contributed by atoms with Crippen molar-refractivity contribution in [2.24, 2.45) is 12.0 Å². The molecule has 0 bridgehead atoms. The highest BCUT2D eigenvalue weighted by Gasteiger charge is 2.24. The van der Waals surface area contributed by atoms with Crippen molar-refractivity contribution < 1.29 is 9.47 Å². The lowest BCUT2D eigenvalue weighted by molar-refractivity contribution is 0.394. The van der Waals surface area contributed by atoms with Crippen LogP contribution in [-0.4, -0.2) is 56.1 Å². The molecular formula is C19H29IN6O2. The molecule has 8 nitrogen and oxygen atoms in total. The Balaban J connectivity index is 0.00000280. The highest BCUT2D eigenvalue weighted by Crippen LogP contribution is 2.30. The molecule has 1 aromatic heterocycles. The Morgan fingerprint density at radius 1 is 1.25 bits per heavy atom. The van der Waals surface area contributed by atoms with Gasteiger partial charge in [-0.1, -0.05) is 0 Å². The summed E-state index contributed by atoms with van der Waals surface area (Å²) < 4.78 is 12.6. The Kier molecular flexibility index (Phi) is 8.21. The summed E-state index contributed by atoms with van der Waals surface area (Å²) in [7, 11) is 7.05. The van der Waals surface area contributed by atoms with E-state index >= 15 is 0 Å². The standard InChI is InChI=1S/C19H28N6O2.HI/c1-20-19(21-10-14-11-22-24(2)12-14)23-15-5-6-25(13-15)16-7-17(26-3)9-18(8-16)27-4;/h7-9,11-12,15H,5-6,10,13H2,1-4H3,(H2,20,21,23);1H. The van der Waals surface area contributed by atoms with Gasteiger partial charge in [0.25, 0.3) is 0 Å². The molecule has 1 unspecified atom stereocenters. The van der Waals surface area contributed by atoms with Crippen LogP contribution in [0.1, 0.15) is 12.0 Å². The first-order chi connectivity index (χ1) is 13.1. The summed E-state index contributed by atoms with van der Waals surface area (Å²) in [5, 5.41) is 11.0. The number of ether oxygens (including phenoxy) is 2. The molecule has 1 aliphatic heterocycles. The minimum absolute atomic E-state index is 0. The van der Waals surface area contributed by atoms with Crippen LogP contribution < -0.4 is 25.0 Å². The second-order valence-corrected chi connectivity index (χ2v) is 6.59. The molecule has 9 heteroatoms. The summed E-state index contributed by atoms with van der Waals surface area (Å²) in [6.07, 6.45) is 4.88. The van der Waals surface area contributed by atoms with Gasteiger partial charge in [-0.25, -0.2) is 0 Å². The molecule has 1 aromatic carbocycles. The van der Waals surface area contributed by atoms with Crippen LogP contribution in [-0.2, 0) is 13.6 Å². The molecule has 2 aromatic rings. The fraction of sp³-hybridized carbons (Fsp3) is 0.474. The second kappa shape index (κ2) is 10.4. The van der Waals surface area contributed by atoms with E-state index in [0.29, 0.717) is 12.6 Å². The second-order valence-electron chi connectivity index (χ2n) is 6.59. The van der Waals surface area contributed by atoms with Crippen LogP contribution in [0.15, 0.2) is 35.6 Å². The number of aromatic nitrogens is 2. The van der Waals surface area contributed by atoms with Gasteiger partial charge in [-0.2, -0.15) is 5.10 Å². The normalized spacial score (nSPS) is 16.5. The molecule has 0 amide bonds. The van der Waals surface area contributed by atoms with Gasteiger partial charge in [0, 0.05) is 75.4 Å². The van der Waals surface area contributed by atoms with Crippen LogP contribution in [0, 0.1) is 0 Å². The van der Waals surface area contributed by atoms with Crippen molar-refractivity contribution in [1.29, 1.82) is 0 Å². The maximum Gasteiger partial charge on any atom is 0.191 e. The first-order valence-corrected chi connectivity index (χ1v) is 9.04. The highest BCUT2D eigenvalue weighted by atomic mass is 127. The fourth-order valence-corrected chi connectivity index (χ4v) is 3.22. The molecule has 1 fully saturated rings. The summed E-state index contributed by atoms with van der Waals surface area (Å²) in [6.45, 7) is 2.55. The molecule has 28 heavy (non-hydrogen) atoms. The molecule has 1 atom stereocenters. The van der Waals surface area contributed by atoms with Crippen molar-refractivity contribution in [3.05, 3.63) is 36.2 Å². The fourth-order valence-electron chi connectivity index (χ4n) is 3.22. The van der Waals surface area contributed by atoms with E-state index in [0.717, 1.165) is 48.2 Å². The topological polar surface area (TPSA) is 75.9 Å². The lowest BCUT2D eigenvalue weighted by Crippen LogP contribution is -2.44. The third-order valence-electron chi connectivity index (χ3n) is 4.67. The zero-order valence-corrected chi connectivity index (χ0v) is 19.1. The predicted molar refractivity (Wildman–Crippen MR) is 122 cm³/mol. The number of hydrogen-bond donors (Lipinski definition) is 2. The number of aliphatic imine (C=N–C) groups is 1. The van der Waals surface area contributed by atoms with E-state index in [1.807, 2.05) is 37.6 Å². The summed E-state index contributed by atoms with van der Waals surface area (Å²) in [6, 6.07) is 6.29. The summed E-state index contributed by atoms with van der Waals surface area (Å²) in [4.78, 5) is 6.67. The monoisotopic (exact) mass is 500 g/mol. The van der Waals surface area contributed by atoms with E-state index < -0.39 is 0 Å². The Morgan fingerprint density at radius 2 is 1.96 bits per heavy atom. The average molecular weight is 500 g/mol. The van der Waals surface area contributed by atoms with E-state index in [1.54, 1.807) is 25.9 Å². The quantitative estimate of drug-likeness (QED) is 0.359. The minimum Gasteiger partial charge on any atom is -0.497 e. The van der Waals surface area contributed by atoms with Crippen molar-refractivity contribution in [1.82, 2.24) is 20.4 Å². The first kappa shape index (κ1) is 22.1. The Morgan fingerprint density at radius 3 is 2.54 bits per heavy atom. The summed E-state index contributed by atoms with van der Waals surface area (Å²) in [5.41, 5.74) is 2.23. The van der Waals surface area contributed by atoms with Crippen LogP contribution >= 0.6 is 24.0 Å². The molecule has 1 saturated heterocycles. The van der Waals surface area contributed by atoms with Crippen molar-refractivity contribution >= 4 is 35.6 Å². The number of aryl methyl sites for hydroxylation is 1. The largest absolute Gasteiger partial charge is 0.497 e. The SMILES string of the molecule is CN=C(NCc1cnn(C)c1)NC1CCN(c2cc(OC)cc(OC)c2)C1.I. The van der Waals surface area contributed by atoms with E-state index in [9.17, 15) is 0 Å². The van der Waals surface area contributed by atoms with Crippen LogP contribution in [0.25, 0.3) is 0 Å². The van der Waals surface area contributed by atoms with Gasteiger partial charge in [0.1, 0.15) is 11.5 Å². The third-order valence-corrected chi connectivity index (χ3v) is 4.67. The number of halogens is 1. The van der Waals surface area contributed by atoms with Gasteiger partial charge in [0.05, 0.1) is 20.4 Å². The number of anilines is 1. The number of nitrogens with zero attached hydrogens (tertiary/aromatic N) is 4. The predicted octanol–water partition coefficient (Wildman–Crippen LogP) is 2.00. The van der Waals surface area contributed by atoms with Crippen molar-refractivity contribution in [3.8, 4) is 11.5 Å². The van der Waals surface area contributed by atoms with E-state index in [2.05, 4.69) is 25.6 Å². The van der Waals surface area contributed by atoms with E-state index in [1.165, 1.54) is 0 Å². The molecule has 1 aliphatic rings. The molecule has 2 heterocycles. The van der Waals surface area contributed by atoms with Crippen molar-refractivity contribution in [2.75, 3.05) is 39.3 Å². The molecule has 2 N–H and O–H groups in total. The minimum atomic E-state index is 0. The lowest BCUT2D eigenvalue weighted by Gasteiger charge is -2.21.